The van der Waals surface area contributed by atoms with E-state index in [-0.39, 0.29) is 11.8 Å². The number of hydrogen-bond acceptors (Lipinski definition) is 4. The molecule has 1 saturated heterocycles. The van der Waals surface area contributed by atoms with Crippen molar-refractivity contribution in [3.63, 3.8) is 0 Å². The molecule has 1 unspecified atom stereocenters. The smallest absolute Gasteiger partial charge is 0.232 e. The zero-order valence-electron chi connectivity index (χ0n) is 14.6. The van der Waals surface area contributed by atoms with Gasteiger partial charge in [0, 0.05) is 29.2 Å². The number of aryl methyl sites for hydroxylation is 2. The zero-order chi connectivity index (χ0) is 18.3. The predicted octanol–water partition coefficient (Wildman–Crippen LogP) is 4.53. The SMILES string of the molecule is Cc1cccc(C)c1N1CC(c2nc(-c3cccc(Cl)c3)no2)CC1=O. The van der Waals surface area contributed by atoms with Gasteiger partial charge in [-0.25, -0.2) is 0 Å². The van der Waals surface area contributed by atoms with Crippen LogP contribution in [0.5, 0.6) is 0 Å². The van der Waals surface area contributed by atoms with Gasteiger partial charge < -0.3 is 9.42 Å². The number of para-hydroxylation sites is 1. The van der Waals surface area contributed by atoms with Crippen LogP contribution < -0.4 is 4.90 Å². The quantitative estimate of drug-likeness (QED) is 0.682. The summed E-state index contributed by atoms with van der Waals surface area (Å²) in [6.07, 6.45) is 0.366. The number of amides is 1. The van der Waals surface area contributed by atoms with E-state index in [2.05, 4.69) is 10.1 Å². The molecule has 1 aliphatic rings. The standard InChI is InChI=1S/C20H18ClN3O2/c1-12-5-3-6-13(2)18(12)24-11-15(10-17(24)25)20-22-19(23-26-20)14-7-4-8-16(21)9-14/h3-9,15H,10-11H2,1-2H3. The molecule has 4 rings (SSSR count). The average molecular weight is 368 g/mol. The number of nitrogens with zero attached hydrogens (tertiary/aromatic N) is 3. The van der Waals surface area contributed by atoms with Gasteiger partial charge in [-0.3, -0.25) is 4.79 Å². The van der Waals surface area contributed by atoms with Crippen molar-refractivity contribution in [3.8, 4) is 11.4 Å². The fourth-order valence-corrected chi connectivity index (χ4v) is 3.66. The Kier molecular flexibility index (Phi) is 4.24. The third-order valence-electron chi connectivity index (χ3n) is 4.71. The van der Waals surface area contributed by atoms with E-state index < -0.39 is 0 Å². The van der Waals surface area contributed by atoms with Crippen molar-refractivity contribution in [1.82, 2.24) is 10.1 Å². The van der Waals surface area contributed by atoms with Gasteiger partial charge in [0.1, 0.15) is 0 Å². The van der Waals surface area contributed by atoms with Crippen molar-refractivity contribution >= 4 is 23.2 Å². The monoisotopic (exact) mass is 367 g/mol. The number of benzene rings is 2. The molecule has 6 heteroatoms. The Balaban J connectivity index is 1.60. The lowest BCUT2D eigenvalue weighted by Gasteiger charge is -2.21. The molecular formula is C20H18ClN3O2. The maximum Gasteiger partial charge on any atom is 0.232 e. The minimum atomic E-state index is -0.109. The van der Waals surface area contributed by atoms with Crippen LogP contribution in [-0.4, -0.2) is 22.6 Å². The molecule has 1 aromatic heterocycles. The Morgan fingerprint density at radius 1 is 1.15 bits per heavy atom. The molecule has 0 spiro atoms. The minimum absolute atomic E-state index is 0.0786. The lowest BCUT2D eigenvalue weighted by atomic mass is 10.1. The second-order valence-corrected chi connectivity index (χ2v) is 7.05. The fraction of sp³-hybridized carbons (Fsp3) is 0.250. The lowest BCUT2D eigenvalue weighted by molar-refractivity contribution is -0.117. The van der Waals surface area contributed by atoms with Gasteiger partial charge in [-0.05, 0) is 37.1 Å². The van der Waals surface area contributed by atoms with Crippen molar-refractivity contribution in [2.45, 2.75) is 26.2 Å². The molecule has 0 radical (unpaired) electrons. The van der Waals surface area contributed by atoms with Crippen molar-refractivity contribution in [2.75, 3.05) is 11.4 Å². The third kappa shape index (κ3) is 2.99. The summed E-state index contributed by atoms with van der Waals surface area (Å²) in [6.45, 7) is 4.58. The van der Waals surface area contributed by atoms with Crippen LogP contribution in [0.4, 0.5) is 5.69 Å². The Labute approximate surface area is 156 Å². The van der Waals surface area contributed by atoms with Gasteiger partial charge >= 0.3 is 0 Å². The number of carbonyl (C=O) groups is 1. The summed E-state index contributed by atoms with van der Waals surface area (Å²) < 4.78 is 5.45. The van der Waals surface area contributed by atoms with Gasteiger partial charge in [0.2, 0.25) is 17.6 Å². The van der Waals surface area contributed by atoms with Crippen molar-refractivity contribution < 1.29 is 9.32 Å². The van der Waals surface area contributed by atoms with Gasteiger partial charge in [-0.1, -0.05) is 47.1 Å². The number of carbonyl (C=O) groups excluding carboxylic acids is 1. The topological polar surface area (TPSA) is 59.2 Å². The Morgan fingerprint density at radius 3 is 2.62 bits per heavy atom. The molecule has 2 aromatic carbocycles. The molecule has 1 amide bonds. The van der Waals surface area contributed by atoms with Gasteiger partial charge in [0.15, 0.2) is 0 Å². The highest BCUT2D eigenvalue weighted by Crippen LogP contribution is 2.35. The molecule has 132 valence electrons. The first-order chi connectivity index (χ1) is 12.5. The summed E-state index contributed by atoms with van der Waals surface area (Å²) in [7, 11) is 0. The molecule has 1 aliphatic heterocycles. The van der Waals surface area contributed by atoms with Crippen LogP contribution >= 0.6 is 11.6 Å². The number of halogens is 1. The molecule has 0 bridgehead atoms. The maximum atomic E-state index is 12.6. The molecule has 2 heterocycles. The molecule has 26 heavy (non-hydrogen) atoms. The number of aromatic nitrogens is 2. The van der Waals surface area contributed by atoms with E-state index in [1.165, 1.54) is 0 Å². The maximum absolute atomic E-state index is 12.6. The van der Waals surface area contributed by atoms with E-state index in [0.717, 1.165) is 22.4 Å². The number of rotatable bonds is 3. The van der Waals surface area contributed by atoms with Crippen LogP contribution in [-0.2, 0) is 4.79 Å². The molecule has 1 atom stereocenters. The van der Waals surface area contributed by atoms with Crippen molar-refractivity contribution in [2.24, 2.45) is 0 Å². The first-order valence-corrected chi connectivity index (χ1v) is 8.87. The highest BCUT2D eigenvalue weighted by Gasteiger charge is 2.36. The van der Waals surface area contributed by atoms with Crippen molar-refractivity contribution in [3.05, 3.63) is 64.5 Å². The summed E-state index contributed by atoms with van der Waals surface area (Å²) in [5.41, 5.74) is 3.95. The van der Waals surface area contributed by atoms with E-state index in [1.807, 2.05) is 49.1 Å². The van der Waals surface area contributed by atoms with Crippen LogP contribution in [0.1, 0.15) is 29.4 Å². The van der Waals surface area contributed by atoms with Crippen LogP contribution in [0, 0.1) is 13.8 Å². The molecule has 0 aliphatic carbocycles. The summed E-state index contributed by atoms with van der Waals surface area (Å²) in [4.78, 5) is 18.9. The van der Waals surface area contributed by atoms with Crippen LogP contribution in [0.3, 0.4) is 0 Å². The first-order valence-electron chi connectivity index (χ1n) is 8.49. The van der Waals surface area contributed by atoms with E-state index in [4.69, 9.17) is 16.1 Å². The largest absolute Gasteiger partial charge is 0.339 e. The van der Waals surface area contributed by atoms with Crippen LogP contribution in [0.15, 0.2) is 47.0 Å². The fourth-order valence-electron chi connectivity index (χ4n) is 3.47. The predicted molar refractivity (Wildman–Crippen MR) is 100 cm³/mol. The normalized spacial score (nSPS) is 17.1. The Bertz CT molecular complexity index is 962. The third-order valence-corrected chi connectivity index (χ3v) is 4.94. The molecule has 0 N–H and O–H groups in total. The minimum Gasteiger partial charge on any atom is -0.339 e. The highest BCUT2D eigenvalue weighted by atomic mass is 35.5. The highest BCUT2D eigenvalue weighted by molar-refractivity contribution is 6.30. The average Bonchev–Trinajstić information content (AvgIpc) is 3.22. The van der Waals surface area contributed by atoms with E-state index in [9.17, 15) is 4.79 Å². The summed E-state index contributed by atoms with van der Waals surface area (Å²) >= 11 is 6.03. The van der Waals surface area contributed by atoms with Gasteiger partial charge in [0.25, 0.3) is 0 Å². The van der Waals surface area contributed by atoms with E-state index in [1.54, 1.807) is 12.1 Å². The van der Waals surface area contributed by atoms with Crippen LogP contribution in [0.25, 0.3) is 11.4 Å². The Hall–Kier alpha value is -2.66. The van der Waals surface area contributed by atoms with Gasteiger partial charge in [-0.2, -0.15) is 4.98 Å². The molecule has 5 nitrogen and oxygen atoms in total. The van der Waals surface area contributed by atoms with E-state index in [0.29, 0.717) is 29.7 Å². The summed E-state index contributed by atoms with van der Waals surface area (Å²) in [5.74, 6) is 0.944. The second-order valence-electron chi connectivity index (χ2n) is 6.61. The number of anilines is 1. The Morgan fingerprint density at radius 2 is 1.88 bits per heavy atom. The number of hydrogen-bond donors (Lipinski definition) is 0. The molecule has 1 fully saturated rings. The first kappa shape index (κ1) is 16.8. The molecule has 0 saturated carbocycles. The van der Waals surface area contributed by atoms with Gasteiger partial charge in [-0.15, -0.1) is 0 Å². The van der Waals surface area contributed by atoms with Crippen LogP contribution in [0.2, 0.25) is 5.02 Å². The van der Waals surface area contributed by atoms with Crippen molar-refractivity contribution in [1.29, 1.82) is 0 Å². The zero-order valence-corrected chi connectivity index (χ0v) is 15.3. The summed E-state index contributed by atoms with van der Waals surface area (Å²) in [5, 5.41) is 4.67. The van der Waals surface area contributed by atoms with Gasteiger partial charge in [0.05, 0.1) is 5.92 Å². The second kappa shape index (κ2) is 6.57. The van der Waals surface area contributed by atoms with E-state index >= 15 is 0 Å². The molecular weight excluding hydrogens is 350 g/mol. The lowest BCUT2D eigenvalue weighted by Crippen LogP contribution is -2.26. The summed E-state index contributed by atoms with van der Waals surface area (Å²) in [6, 6.07) is 13.4. The molecule has 3 aromatic rings.